The first kappa shape index (κ1) is 19.1. The number of nitrogens with zero attached hydrogens (tertiary/aromatic N) is 3. The number of aromatic nitrogens is 2. The van der Waals surface area contributed by atoms with Gasteiger partial charge in [0.15, 0.2) is 0 Å². The Morgan fingerprint density at radius 3 is 2.81 bits per heavy atom. The summed E-state index contributed by atoms with van der Waals surface area (Å²) in [5, 5.41) is 0.0620. The second kappa shape index (κ2) is 7.94. The fourth-order valence-corrected chi connectivity index (χ4v) is 3.69. The molecule has 1 fully saturated rings. The largest absolute Gasteiger partial charge is 0.462 e. The summed E-state index contributed by atoms with van der Waals surface area (Å²) < 4.78 is 11.7. The fraction of sp³-hybridized carbons (Fsp3) is 0.579. The molecule has 1 aliphatic rings. The van der Waals surface area contributed by atoms with E-state index in [1.807, 2.05) is 4.90 Å². The molecular weight excluding hydrogens is 350 g/mol. The van der Waals surface area contributed by atoms with Crippen molar-refractivity contribution < 1.29 is 18.7 Å². The average molecular weight is 375 g/mol. The smallest absolute Gasteiger partial charge is 0.342 e. The van der Waals surface area contributed by atoms with Gasteiger partial charge in [0, 0.05) is 12.6 Å². The molecule has 0 unspecified atom stereocenters. The summed E-state index contributed by atoms with van der Waals surface area (Å²) in [7, 11) is 0. The molecule has 0 radical (unpaired) electrons. The number of amides is 1. The summed E-state index contributed by atoms with van der Waals surface area (Å²) in [6, 6.07) is 0.213. The van der Waals surface area contributed by atoms with E-state index in [4.69, 9.17) is 9.15 Å². The molecule has 27 heavy (non-hydrogen) atoms. The number of furan rings is 1. The summed E-state index contributed by atoms with van der Waals surface area (Å²) in [4.78, 5) is 43.9. The lowest BCUT2D eigenvalue weighted by Crippen LogP contribution is -2.45. The molecule has 2 aromatic rings. The van der Waals surface area contributed by atoms with Gasteiger partial charge in [0.1, 0.15) is 29.6 Å². The lowest BCUT2D eigenvalue weighted by atomic mass is 10.00. The predicted octanol–water partition coefficient (Wildman–Crippen LogP) is 2.27. The number of carbonyl (C=O) groups is 2. The predicted molar refractivity (Wildman–Crippen MR) is 98.6 cm³/mol. The van der Waals surface area contributed by atoms with Crippen molar-refractivity contribution in [2.45, 2.75) is 59.0 Å². The van der Waals surface area contributed by atoms with Crippen molar-refractivity contribution >= 4 is 23.0 Å². The summed E-state index contributed by atoms with van der Waals surface area (Å²) in [6.45, 7) is 6.13. The summed E-state index contributed by atoms with van der Waals surface area (Å²) >= 11 is 0. The van der Waals surface area contributed by atoms with Gasteiger partial charge in [-0.15, -0.1) is 0 Å². The molecule has 0 spiro atoms. The van der Waals surface area contributed by atoms with Gasteiger partial charge in [-0.3, -0.25) is 14.2 Å². The second-order valence-corrected chi connectivity index (χ2v) is 6.76. The molecule has 8 heteroatoms. The molecular formula is C19H25N3O5. The van der Waals surface area contributed by atoms with Gasteiger partial charge in [0.25, 0.3) is 5.56 Å². The third-order valence-electron chi connectivity index (χ3n) is 5.06. The van der Waals surface area contributed by atoms with E-state index in [-0.39, 0.29) is 47.5 Å². The van der Waals surface area contributed by atoms with Crippen molar-refractivity contribution in [1.29, 1.82) is 0 Å². The van der Waals surface area contributed by atoms with Crippen LogP contribution in [0.2, 0.25) is 0 Å². The molecule has 1 aliphatic heterocycles. The van der Waals surface area contributed by atoms with Gasteiger partial charge in [-0.2, -0.15) is 0 Å². The molecule has 0 aliphatic carbocycles. The minimum absolute atomic E-state index is 0.0620. The van der Waals surface area contributed by atoms with Crippen LogP contribution in [0.15, 0.2) is 15.5 Å². The standard InChI is InChI=1S/C19H25N3O5/c1-4-13-8-6-7-9-22(13)14(23)10-21-11-20-17-16(18(21)24)15(12(3)27-17)19(25)26-5-2/h11,13H,4-10H2,1-3H3/t13-/m0/s1. The normalized spacial score (nSPS) is 17.3. The number of aryl methyl sites for hydroxylation is 1. The first-order chi connectivity index (χ1) is 13.0. The number of hydrogen-bond acceptors (Lipinski definition) is 6. The van der Waals surface area contributed by atoms with E-state index < -0.39 is 11.5 Å². The van der Waals surface area contributed by atoms with Crippen molar-refractivity contribution in [1.82, 2.24) is 14.5 Å². The molecule has 0 N–H and O–H groups in total. The summed E-state index contributed by atoms with van der Waals surface area (Å²) in [5.41, 5.74) is -0.317. The number of ether oxygens (including phenoxy) is 1. The Morgan fingerprint density at radius 2 is 2.11 bits per heavy atom. The number of esters is 1. The maximum atomic E-state index is 12.9. The number of hydrogen-bond donors (Lipinski definition) is 0. The van der Waals surface area contributed by atoms with Crippen molar-refractivity contribution in [3.8, 4) is 0 Å². The van der Waals surface area contributed by atoms with Gasteiger partial charge in [-0.25, -0.2) is 9.78 Å². The third-order valence-corrected chi connectivity index (χ3v) is 5.06. The van der Waals surface area contributed by atoms with Crippen molar-refractivity contribution in [2.75, 3.05) is 13.2 Å². The van der Waals surface area contributed by atoms with E-state index in [1.165, 1.54) is 10.9 Å². The van der Waals surface area contributed by atoms with Gasteiger partial charge in [-0.1, -0.05) is 6.92 Å². The minimum Gasteiger partial charge on any atom is -0.462 e. The van der Waals surface area contributed by atoms with Crippen LogP contribution in [0.1, 0.15) is 55.6 Å². The molecule has 0 saturated carbocycles. The number of carbonyl (C=O) groups excluding carboxylic acids is 2. The third kappa shape index (κ3) is 3.61. The van der Waals surface area contributed by atoms with Crippen LogP contribution in [0.25, 0.3) is 11.1 Å². The first-order valence-corrected chi connectivity index (χ1v) is 9.43. The Hall–Kier alpha value is -2.64. The highest BCUT2D eigenvalue weighted by atomic mass is 16.5. The maximum absolute atomic E-state index is 12.9. The van der Waals surface area contributed by atoms with Crippen LogP contribution in [-0.2, 0) is 16.1 Å². The average Bonchev–Trinajstić information content (AvgIpc) is 3.01. The van der Waals surface area contributed by atoms with E-state index in [0.29, 0.717) is 6.54 Å². The van der Waals surface area contributed by atoms with E-state index in [1.54, 1.807) is 13.8 Å². The number of fused-ring (bicyclic) bond motifs is 1. The summed E-state index contributed by atoms with van der Waals surface area (Å²) in [6.07, 6.45) is 5.27. The van der Waals surface area contributed by atoms with Gasteiger partial charge in [-0.05, 0) is 39.5 Å². The molecule has 0 aromatic carbocycles. The molecule has 0 bridgehead atoms. The monoisotopic (exact) mass is 375 g/mol. The number of piperidine rings is 1. The molecule has 2 aromatic heterocycles. The van der Waals surface area contributed by atoms with Crippen molar-refractivity contribution in [2.24, 2.45) is 0 Å². The fourth-order valence-electron chi connectivity index (χ4n) is 3.69. The SMILES string of the molecule is CCOC(=O)c1c(C)oc2ncn(CC(=O)N3CCCC[C@@H]3CC)c(=O)c12. The van der Waals surface area contributed by atoms with Crippen LogP contribution < -0.4 is 5.56 Å². The van der Waals surface area contributed by atoms with E-state index >= 15 is 0 Å². The van der Waals surface area contributed by atoms with Crippen molar-refractivity contribution in [3.05, 3.63) is 28.0 Å². The lowest BCUT2D eigenvalue weighted by molar-refractivity contribution is -0.135. The van der Waals surface area contributed by atoms with Crippen LogP contribution in [-0.4, -0.2) is 45.5 Å². The zero-order chi connectivity index (χ0) is 19.6. The van der Waals surface area contributed by atoms with Crippen LogP contribution >= 0.6 is 0 Å². The van der Waals surface area contributed by atoms with E-state index in [9.17, 15) is 14.4 Å². The molecule has 146 valence electrons. The van der Waals surface area contributed by atoms with Crippen LogP contribution in [0.4, 0.5) is 0 Å². The van der Waals surface area contributed by atoms with Gasteiger partial charge >= 0.3 is 5.97 Å². The molecule has 3 heterocycles. The Balaban J connectivity index is 1.95. The molecule has 1 amide bonds. The van der Waals surface area contributed by atoms with E-state index in [0.717, 1.165) is 25.7 Å². The number of rotatable bonds is 5. The zero-order valence-electron chi connectivity index (χ0n) is 16.0. The molecule has 1 saturated heterocycles. The Labute approximate surface area is 157 Å². The highest BCUT2D eigenvalue weighted by Gasteiger charge is 2.27. The molecule has 8 nitrogen and oxygen atoms in total. The highest BCUT2D eigenvalue weighted by Crippen LogP contribution is 2.22. The van der Waals surface area contributed by atoms with Gasteiger partial charge < -0.3 is 14.1 Å². The van der Waals surface area contributed by atoms with Gasteiger partial charge in [0.05, 0.1) is 6.61 Å². The lowest BCUT2D eigenvalue weighted by Gasteiger charge is -2.35. The maximum Gasteiger partial charge on any atom is 0.342 e. The Kier molecular flexibility index (Phi) is 5.62. The van der Waals surface area contributed by atoms with E-state index in [2.05, 4.69) is 11.9 Å². The van der Waals surface area contributed by atoms with Crippen molar-refractivity contribution in [3.63, 3.8) is 0 Å². The minimum atomic E-state index is -0.626. The zero-order valence-corrected chi connectivity index (χ0v) is 16.0. The summed E-state index contributed by atoms with van der Waals surface area (Å²) in [5.74, 6) is -0.458. The Bertz CT molecular complexity index is 914. The Morgan fingerprint density at radius 1 is 1.33 bits per heavy atom. The van der Waals surface area contributed by atoms with Gasteiger partial charge in [0.2, 0.25) is 11.6 Å². The topological polar surface area (TPSA) is 94.6 Å². The molecule has 1 atom stereocenters. The van der Waals surface area contributed by atoms with Crippen LogP contribution in [0, 0.1) is 6.92 Å². The first-order valence-electron chi connectivity index (χ1n) is 9.43. The second-order valence-electron chi connectivity index (χ2n) is 6.76. The quantitative estimate of drug-likeness (QED) is 0.744. The highest BCUT2D eigenvalue weighted by molar-refractivity contribution is 6.03. The van der Waals surface area contributed by atoms with Crippen LogP contribution in [0.5, 0.6) is 0 Å². The molecule has 3 rings (SSSR count). The van der Waals surface area contributed by atoms with Crippen LogP contribution in [0.3, 0.4) is 0 Å². The number of likely N-dealkylation sites (tertiary alicyclic amines) is 1.